The fraction of sp³-hybridized carbons (Fsp3) is 0.154. The van der Waals surface area contributed by atoms with E-state index >= 15 is 0 Å². The maximum Gasteiger partial charge on any atom is 0.343 e. The summed E-state index contributed by atoms with van der Waals surface area (Å²) in [5, 5.41) is 9.69. The summed E-state index contributed by atoms with van der Waals surface area (Å²) in [6.45, 7) is 0. The number of aromatic nitrogens is 1. The van der Waals surface area contributed by atoms with E-state index in [2.05, 4.69) is 9.93 Å². The third-order valence-corrected chi connectivity index (χ3v) is 3.62. The molecule has 3 aliphatic rings. The first kappa shape index (κ1) is 14.5. The zero-order valence-electron chi connectivity index (χ0n) is 11.0. The van der Waals surface area contributed by atoms with Crippen LogP contribution in [0.3, 0.4) is 0 Å². The van der Waals surface area contributed by atoms with Crippen molar-refractivity contribution >= 4 is 27.1 Å². The van der Waals surface area contributed by atoms with Crippen LogP contribution in [-0.4, -0.2) is 22.2 Å². The van der Waals surface area contributed by atoms with E-state index in [9.17, 15) is 14.5 Å². The van der Waals surface area contributed by atoms with Crippen molar-refractivity contribution in [2.75, 3.05) is 0 Å². The molecular formula is C13H9N2O6P. The predicted octanol–water partition coefficient (Wildman–Crippen LogP) is 0.463. The largest absolute Gasteiger partial charge is 0.477 e. The van der Waals surface area contributed by atoms with E-state index in [1.807, 2.05) is 0 Å². The van der Waals surface area contributed by atoms with E-state index in [0.29, 0.717) is 17.2 Å². The van der Waals surface area contributed by atoms with Gasteiger partial charge in [0.1, 0.15) is 11.0 Å². The molecule has 0 radical (unpaired) electrons. The van der Waals surface area contributed by atoms with Gasteiger partial charge >= 0.3 is 5.97 Å². The lowest BCUT2D eigenvalue weighted by atomic mass is 10.1. The molecule has 1 aliphatic heterocycles. The first-order chi connectivity index (χ1) is 10.6. The smallest absolute Gasteiger partial charge is 0.343 e. The standard InChI is InChI=1S/C13H9N2O6P/c16-9-4-3-8-12(11(9)13(17)18)20-10-5-6(21-22-15-19)1-2-7(10)14-8/h2-6,22H,1H2,(H,17,18). The number of nitroso groups, excluding NO2 is 1. The molecular weight excluding hydrogens is 311 g/mol. The van der Waals surface area contributed by atoms with Crippen LogP contribution < -0.4 is 16.2 Å². The van der Waals surface area contributed by atoms with Crippen molar-refractivity contribution < 1.29 is 18.8 Å². The number of carbonyl (C=O) groups is 1. The van der Waals surface area contributed by atoms with Gasteiger partial charge < -0.3 is 14.0 Å². The Labute approximate surface area is 124 Å². The maximum absolute atomic E-state index is 11.7. The van der Waals surface area contributed by atoms with Crippen LogP contribution in [0.2, 0.25) is 0 Å². The molecule has 1 heterocycles. The molecule has 0 saturated heterocycles. The van der Waals surface area contributed by atoms with Crippen LogP contribution in [0.1, 0.15) is 16.8 Å². The molecule has 3 rings (SSSR count). The number of hydrogen-bond acceptors (Lipinski definition) is 7. The van der Waals surface area contributed by atoms with E-state index in [1.54, 1.807) is 12.2 Å². The summed E-state index contributed by atoms with van der Waals surface area (Å²) in [4.78, 5) is 40.0. The summed E-state index contributed by atoms with van der Waals surface area (Å²) < 4.78 is 10.8. The van der Waals surface area contributed by atoms with Gasteiger partial charge in [-0.1, -0.05) is 6.08 Å². The Morgan fingerprint density at radius 1 is 1.50 bits per heavy atom. The average molecular weight is 320 g/mol. The van der Waals surface area contributed by atoms with E-state index < -0.39 is 32.0 Å². The average Bonchev–Trinajstić information content (AvgIpc) is 2.50. The number of hydrogen-bond donors (Lipinski definition) is 1. The Hall–Kier alpha value is -2.44. The summed E-state index contributed by atoms with van der Waals surface area (Å²) in [5.74, 6) is -1.46. The molecule has 9 heteroatoms. The van der Waals surface area contributed by atoms with Gasteiger partial charge in [-0.25, -0.2) is 9.78 Å². The quantitative estimate of drug-likeness (QED) is 0.642. The minimum absolute atomic E-state index is 0.0833. The van der Waals surface area contributed by atoms with Gasteiger partial charge in [0.05, 0.1) is 6.10 Å². The number of carboxylic acids is 1. The lowest BCUT2D eigenvalue weighted by Gasteiger charge is -2.13. The van der Waals surface area contributed by atoms with Gasteiger partial charge in [0.2, 0.25) is 0 Å². The number of rotatable bonds is 4. The summed E-state index contributed by atoms with van der Waals surface area (Å²) in [6, 6.07) is 2.57. The fourth-order valence-electron chi connectivity index (χ4n) is 2.20. The van der Waals surface area contributed by atoms with E-state index in [0.717, 1.165) is 6.07 Å². The number of benzene rings is 1. The lowest BCUT2D eigenvalue weighted by Crippen LogP contribution is -2.35. The number of fused-ring (bicyclic) bond motifs is 2. The molecule has 1 N–H and O–H groups in total. The van der Waals surface area contributed by atoms with Gasteiger partial charge in [-0.3, -0.25) is 4.79 Å². The molecule has 0 aromatic carbocycles. The Kier molecular flexibility index (Phi) is 3.79. The molecule has 0 fully saturated rings. The van der Waals surface area contributed by atoms with Gasteiger partial charge in [-0.2, -0.15) is 0 Å². The summed E-state index contributed by atoms with van der Waals surface area (Å²) in [6.07, 6.45) is 3.43. The highest BCUT2D eigenvalue weighted by Gasteiger charge is 2.22. The van der Waals surface area contributed by atoms with Crippen LogP contribution in [0.4, 0.5) is 0 Å². The highest BCUT2D eigenvalue weighted by atomic mass is 31.1. The molecule has 112 valence electrons. The van der Waals surface area contributed by atoms with Crippen molar-refractivity contribution in [2.24, 2.45) is 4.95 Å². The Morgan fingerprint density at radius 3 is 3.05 bits per heavy atom. The molecule has 2 unspecified atom stereocenters. The first-order valence-corrected chi connectivity index (χ1v) is 7.08. The SMILES string of the molecule is O=NPOC1C=c2oc3c(C(=O)O)c(=O)ccc-3nc2=CC1. The molecule has 0 aromatic heterocycles. The minimum Gasteiger partial charge on any atom is -0.477 e. The molecule has 2 atom stereocenters. The summed E-state index contributed by atoms with van der Waals surface area (Å²) in [5.41, 5.74) is -0.519. The Balaban J connectivity index is 2.22. The second-order valence-corrected chi connectivity index (χ2v) is 5.10. The zero-order valence-corrected chi connectivity index (χ0v) is 12.0. The van der Waals surface area contributed by atoms with Gasteiger partial charge in [0.15, 0.2) is 31.1 Å². The molecule has 0 aromatic rings. The third kappa shape index (κ3) is 2.54. The van der Waals surface area contributed by atoms with Gasteiger partial charge in [-0.05, 0) is 29.6 Å². The van der Waals surface area contributed by atoms with Gasteiger partial charge in [0, 0.05) is 0 Å². The molecule has 22 heavy (non-hydrogen) atoms. The number of aromatic carboxylic acids is 1. The number of carboxylic acid groups (broad SMARTS) is 1. The van der Waals surface area contributed by atoms with Gasteiger partial charge in [-0.15, -0.1) is 4.91 Å². The first-order valence-electron chi connectivity index (χ1n) is 6.22. The lowest BCUT2D eigenvalue weighted by molar-refractivity contribution is 0.0694. The summed E-state index contributed by atoms with van der Waals surface area (Å²) in [7, 11) is -0.532. The number of nitrogens with zero attached hydrogens (tertiary/aromatic N) is 2. The molecule has 2 aliphatic carbocycles. The Bertz CT molecular complexity index is 906. The van der Waals surface area contributed by atoms with Crippen LogP contribution in [0.5, 0.6) is 0 Å². The minimum atomic E-state index is -1.37. The molecule has 0 bridgehead atoms. The van der Waals surface area contributed by atoms with Crippen LogP contribution in [-0.2, 0) is 4.52 Å². The maximum atomic E-state index is 11.7. The monoisotopic (exact) mass is 320 g/mol. The molecule has 0 saturated carbocycles. The second-order valence-electron chi connectivity index (χ2n) is 4.50. The Morgan fingerprint density at radius 2 is 2.32 bits per heavy atom. The third-order valence-electron chi connectivity index (χ3n) is 3.14. The zero-order chi connectivity index (χ0) is 15.7. The van der Waals surface area contributed by atoms with Crippen LogP contribution in [0, 0.1) is 4.91 Å². The van der Waals surface area contributed by atoms with Crippen molar-refractivity contribution in [3.05, 3.63) is 43.6 Å². The molecule has 8 nitrogen and oxygen atoms in total. The highest BCUT2D eigenvalue weighted by molar-refractivity contribution is 7.30. The van der Waals surface area contributed by atoms with Crippen LogP contribution >= 0.6 is 8.96 Å². The van der Waals surface area contributed by atoms with Crippen molar-refractivity contribution in [2.45, 2.75) is 12.5 Å². The highest BCUT2D eigenvalue weighted by Crippen LogP contribution is 2.21. The molecule has 0 amide bonds. The summed E-state index contributed by atoms with van der Waals surface area (Å²) >= 11 is 0. The molecule has 0 spiro atoms. The predicted molar refractivity (Wildman–Crippen MR) is 78.1 cm³/mol. The van der Waals surface area contributed by atoms with Crippen LogP contribution in [0.25, 0.3) is 23.6 Å². The van der Waals surface area contributed by atoms with E-state index in [4.69, 9.17) is 14.0 Å². The second kappa shape index (κ2) is 5.75. The fourth-order valence-corrected chi connectivity index (χ4v) is 2.54. The van der Waals surface area contributed by atoms with E-state index in [1.165, 1.54) is 6.07 Å². The van der Waals surface area contributed by atoms with Crippen molar-refractivity contribution in [3.63, 3.8) is 0 Å². The van der Waals surface area contributed by atoms with E-state index in [-0.39, 0.29) is 11.5 Å². The normalized spacial score (nSPS) is 17.0. The topological polar surface area (TPSA) is 119 Å². The van der Waals surface area contributed by atoms with Crippen molar-refractivity contribution in [1.82, 2.24) is 4.98 Å². The van der Waals surface area contributed by atoms with Gasteiger partial charge in [0.25, 0.3) is 0 Å². The van der Waals surface area contributed by atoms with Crippen molar-refractivity contribution in [3.8, 4) is 11.5 Å². The van der Waals surface area contributed by atoms with Crippen molar-refractivity contribution in [1.29, 1.82) is 0 Å². The van der Waals surface area contributed by atoms with Crippen LogP contribution in [0.15, 0.2) is 26.3 Å².